The molecule has 0 aliphatic carbocycles. The number of hydrogen-bond acceptors (Lipinski definition) is 7. The minimum atomic E-state index is -1.78. The summed E-state index contributed by atoms with van der Waals surface area (Å²) in [6.45, 7) is 2.18. The van der Waals surface area contributed by atoms with Gasteiger partial charge in [0, 0.05) is 19.2 Å². The van der Waals surface area contributed by atoms with Gasteiger partial charge in [-0.1, -0.05) is 24.3 Å². The van der Waals surface area contributed by atoms with E-state index in [1.807, 2.05) is 18.2 Å². The minimum absolute atomic E-state index is 0.0821. The summed E-state index contributed by atoms with van der Waals surface area (Å²) in [5.74, 6) is -2.42. The topological polar surface area (TPSA) is 123 Å². The molecule has 0 fully saturated rings. The molecule has 0 aliphatic heterocycles. The second-order valence-electron chi connectivity index (χ2n) is 4.22. The smallest absolute Gasteiger partial charge is 0.477 e. The van der Waals surface area contributed by atoms with E-state index in [1.54, 1.807) is 12.1 Å². The lowest BCUT2D eigenvalue weighted by molar-refractivity contribution is -0.139. The Balaban J connectivity index is 0.000000241. The first-order valence-electron chi connectivity index (χ1n) is 6.41. The van der Waals surface area contributed by atoms with Gasteiger partial charge < -0.3 is 19.4 Å². The van der Waals surface area contributed by atoms with E-state index in [4.69, 9.17) is 10.1 Å². The van der Waals surface area contributed by atoms with Crippen molar-refractivity contribution in [1.82, 2.24) is 4.98 Å². The van der Waals surface area contributed by atoms with Gasteiger partial charge in [-0.15, -0.1) is 0 Å². The lowest BCUT2D eigenvalue weighted by atomic mass is 10.2. The Labute approximate surface area is 131 Å². The molecule has 0 atom stereocenters. The van der Waals surface area contributed by atoms with E-state index in [-0.39, 0.29) is 5.69 Å². The van der Waals surface area contributed by atoms with Crippen LogP contribution in [0.4, 0.5) is 0 Å². The highest BCUT2D eigenvalue weighted by atomic mass is 16.7. The zero-order chi connectivity index (χ0) is 17.4. The third-order valence-electron chi connectivity index (χ3n) is 2.35. The number of hydrogen-bond donors (Lipinski definition) is 2. The van der Waals surface area contributed by atoms with Gasteiger partial charge in [-0.2, -0.15) is 0 Å². The van der Waals surface area contributed by atoms with Crippen molar-refractivity contribution in [3.8, 4) is 0 Å². The average Bonchev–Trinajstić information content (AvgIpc) is 2.45. The van der Waals surface area contributed by atoms with Crippen LogP contribution in [-0.4, -0.2) is 40.3 Å². The summed E-state index contributed by atoms with van der Waals surface area (Å²) in [7, 11) is -1.78. The summed E-state index contributed by atoms with van der Waals surface area (Å²) in [5, 5.41) is 18.1. The molecule has 0 radical (unpaired) electrons. The van der Waals surface area contributed by atoms with Gasteiger partial charge in [0.1, 0.15) is 5.69 Å². The molecule has 0 unspecified atom stereocenters. The predicted octanol–water partition coefficient (Wildman–Crippen LogP) is 1.02. The summed E-state index contributed by atoms with van der Waals surface area (Å²) in [4.78, 5) is 34.7. The van der Waals surface area contributed by atoms with E-state index in [0.29, 0.717) is 5.52 Å². The van der Waals surface area contributed by atoms with E-state index < -0.39 is 25.2 Å². The summed E-state index contributed by atoms with van der Waals surface area (Å²) in [6, 6.07) is 10.7. The number of carbonyl (C=O) groups excluding carboxylic acids is 2. The Kier molecular flexibility index (Phi) is 6.69. The Hall–Kier alpha value is -2.94. The zero-order valence-corrected chi connectivity index (χ0v) is 12.4. The van der Waals surface area contributed by atoms with Crippen LogP contribution in [0.25, 0.3) is 10.9 Å². The molecule has 0 amide bonds. The highest BCUT2D eigenvalue weighted by Gasteiger charge is 2.23. The SMILES string of the molecule is CC(=O)OB(O)OC(C)=O.O=C(O)c1ccc2ccccc2n1. The number of pyridine rings is 1. The fraction of sp³-hybridized carbons (Fsp3) is 0.143. The maximum Gasteiger partial charge on any atom is 0.789 e. The number of aromatic carboxylic acids is 1. The van der Waals surface area contributed by atoms with Crippen LogP contribution in [0.1, 0.15) is 24.3 Å². The van der Waals surface area contributed by atoms with E-state index in [2.05, 4.69) is 14.3 Å². The monoisotopic (exact) mass is 319 g/mol. The van der Waals surface area contributed by atoms with Crippen LogP contribution in [0.5, 0.6) is 0 Å². The first-order valence-corrected chi connectivity index (χ1v) is 6.41. The maximum atomic E-state index is 10.6. The van der Waals surface area contributed by atoms with Crippen molar-refractivity contribution in [2.45, 2.75) is 13.8 Å². The normalized spacial score (nSPS) is 9.35. The average molecular weight is 319 g/mol. The highest BCUT2D eigenvalue weighted by Crippen LogP contribution is 2.11. The van der Waals surface area contributed by atoms with Gasteiger partial charge in [-0.3, -0.25) is 9.59 Å². The lowest BCUT2D eigenvalue weighted by Gasteiger charge is -2.02. The van der Waals surface area contributed by atoms with Crippen molar-refractivity contribution in [2.24, 2.45) is 0 Å². The number of rotatable bonds is 3. The summed E-state index contributed by atoms with van der Waals surface area (Å²) in [5.41, 5.74) is 0.793. The number of aromatic nitrogens is 1. The van der Waals surface area contributed by atoms with Crippen LogP contribution < -0.4 is 0 Å². The van der Waals surface area contributed by atoms with Crippen molar-refractivity contribution < 1.29 is 33.8 Å². The lowest BCUT2D eigenvalue weighted by Crippen LogP contribution is -2.27. The van der Waals surface area contributed by atoms with Crippen molar-refractivity contribution in [3.63, 3.8) is 0 Å². The molecule has 0 aliphatic rings. The number of nitrogens with zero attached hydrogens (tertiary/aromatic N) is 1. The molecule has 0 saturated carbocycles. The molecular formula is C14H14BNO7. The van der Waals surface area contributed by atoms with Crippen LogP contribution in [0, 0.1) is 0 Å². The van der Waals surface area contributed by atoms with Gasteiger partial charge in [-0.05, 0) is 12.1 Å². The predicted molar refractivity (Wildman–Crippen MR) is 80.2 cm³/mol. The quantitative estimate of drug-likeness (QED) is 0.804. The van der Waals surface area contributed by atoms with E-state index in [9.17, 15) is 14.4 Å². The standard InChI is InChI=1S/C10H7NO2.C4H7BO5/c12-10(13)9-6-5-7-3-1-2-4-8(7)11-9;1-3(6)9-5(8)10-4(2)7/h1-6H,(H,12,13);8H,1-2H3. The van der Waals surface area contributed by atoms with Gasteiger partial charge in [0.2, 0.25) is 0 Å². The maximum absolute atomic E-state index is 10.6. The molecule has 2 aromatic rings. The van der Waals surface area contributed by atoms with Gasteiger partial charge in [0.15, 0.2) is 0 Å². The molecular weight excluding hydrogens is 305 g/mol. The minimum Gasteiger partial charge on any atom is -0.477 e. The molecule has 2 rings (SSSR count). The number of benzene rings is 1. The van der Waals surface area contributed by atoms with E-state index >= 15 is 0 Å². The second kappa shape index (κ2) is 8.49. The summed E-state index contributed by atoms with van der Waals surface area (Å²) >= 11 is 0. The highest BCUT2D eigenvalue weighted by molar-refractivity contribution is 6.39. The molecule has 0 spiro atoms. The molecule has 0 saturated heterocycles. The Bertz CT molecular complexity index is 703. The van der Waals surface area contributed by atoms with Gasteiger partial charge in [-0.25, -0.2) is 9.78 Å². The van der Waals surface area contributed by atoms with Crippen LogP contribution in [0.2, 0.25) is 0 Å². The van der Waals surface area contributed by atoms with Crippen molar-refractivity contribution in [3.05, 3.63) is 42.1 Å². The first-order chi connectivity index (χ1) is 10.8. The van der Waals surface area contributed by atoms with E-state index in [1.165, 1.54) is 6.07 Å². The van der Waals surface area contributed by atoms with Gasteiger partial charge in [0.25, 0.3) is 11.9 Å². The molecule has 1 aromatic heterocycles. The Morgan fingerprint density at radius 1 is 1.00 bits per heavy atom. The van der Waals surface area contributed by atoms with Crippen LogP contribution in [0.3, 0.4) is 0 Å². The number of carboxylic acid groups (broad SMARTS) is 1. The fourth-order valence-corrected chi connectivity index (χ4v) is 1.49. The Morgan fingerprint density at radius 2 is 1.57 bits per heavy atom. The van der Waals surface area contributed by atoms with E-state index in [0.717, 1.165) is 19.2 Å². The molecule has 1 heterocycles. The first kappa shape index (κ1) is 18.1. The van der Waals surface area contributed by atoms with Crippen LogP contribution >= 0.6 is 0 Å². The van der Waals surface area contributed by atoms with Crippen molar-refractivity contribution in [2.75, 3.05) is 0 Å². The Morgan fingerprint density at radius 3 is 2.09 bits per heavy atom. The number of carbonyl (C=O) groups is 3. The van der Waals surface area contributed by atoms with Crippen molar-refractivity contribution >= 4 is 36.1 Å². The second-order valence-corrected chi connectivity index (χ2v) is 4.22. The van der Waals surface area contributed by atoms with Crippen LogP contribution in [-0.2, 0) is 18.9 Å². The number of carboxylic acids is 1. The molecule has 2 N–H and O–H groups in total. The molecule has 8 nitrogen and oxygen atoms in total. The largest absolute Gasteiger partial charge is 0.789 e. The molecule has 9 heteroatoms. The third-order valence-corrected chi connectivity index (χ3v) is 2.35. The number of fused-ring (bicyclic) bond motifs is 1. The molecule has 120 valence electrons. The number of para-hydroxylation sites is 1. The van der Waals surface area contributed by atoms with Crippen LogP contribution in [0.15, 0.2) is 36.4 Å². The molecule has 0 bridgehead atoms. The summed E-state index contributed by atoms with van der Waals surface area (Å²) in [6.07, 6.45) is 0. The van der Waals surface area contributed by atoms with Gasteiger partial charge in [0.05, 0.1) is 5.52 Å². The van der Waals surface area contributed by atoms with Gasteiger partial charge >= 0.3 is 13.3 Å². The molecule has 23 heavy (non-hydrogen) atoms. The third kappa shape index (κ3) is 6.57. The molecule has 1 aromatic carbocycles. The fourth-order valence-electron chi connectivity index (χ4n) is 1.49. The zero-order valence-electron chi connectivity index (χ0n) is 12.4. The van der Waals surface area contributed by atoms with Crippen molar-refractivity contribution in [1.29, 1.82) is 0 Å². The summed E-state index contributed by atoms with van der Waals surface area (Å²) < 4.78 is 8.07.